The van der Waals surface area contributed by atoms with Crippen LogP contribution in [-0.2, 0) is 6.54 Å². The van der Waals surface area contributed by atoms with Gasteiger partial charge in [0.1, 0.15) is 0 Å². The number of carboxylic acids is 1. The van der Waals surface area contributed by atoms with E-state index in [0.29, 0.717) is 6.54 Å². The Labute approximate surface area is 105 Å². The Bertz CT molecular complexity index is 341. The van der Waals surface area contributed by atoms with Crippen molar-refractivity contribution in [2.75, 3.05) is 13.2 Å². The molecule has 1 heterocycles. The van der Waals surface area contributed by atoms with E-state index in [-0.39, 0.29) is 11.6 Å². The van der Waals surface area contributed by atoms with Crippen molar-refractivity contribution in [3.63, 3.8) is 0 Å². The maximum atomic E-state index is 10.6. The van der Waals surface area contributed by atoms with E-state index in [0.717, 1.165) is 49.3 Å². The molecule has 6 heteroatoms. The fourth-order valence-electron chi connectivity index (χ4n) is 1.42. The molecule has 1 rings (SSSR count). The number of carboxylic acid groups (broad SMARTS) is 1. The Morgan fingerprint density at radius 2 is 2.12 bits per heavy atom. The van der Waals surface area contributed by atoms with Gasteiger partial charge in [-0.1, -0.05) is 12.8 Å². The maximum absolute atomic E-state index is 10.6. The molecule has 0 aliphatic rings. The highest BCUT2D eigenvalue weighted by Crippen LogP contribution is 2.09. The van der Waals surface area contributed by atoms with E-state index in [1.165, 1.54) is 0 Å². The zero-order valence-electron chi connectivity index (χ0n) is 9.69. The molecule has 96 valence electrons. The molecule has 3 N–H and O–H groups in total. The van der Waals surface area contributed by atoms with Gasteiger partial charge in [0, 0.05) is 18.5 Å². The predicted molar refractivity (Wildman–Crippen MR) is 66.3 cm³/mol. The molecular formula is C11H18N2O3S. The largest absolute Gasteiger partial charge is 0.476 e. The van der Waals surface area contributed by atoms with Gasteiger partial charge in [-0.2, -0.15) is 0 Å². The van der Waals surface area contributed by atoms with Crippen molar-refractivity contribution in [1.29, 1.82) is 0 Å². The van der Waals surface area contributed by atoms with Crippen molar-refractivity contribution >= 4 is 17.3 Å². The van der Waals surface area contributed by atoms with Crippen LogP contribution in [0.25, 0.3) is 0 Å². The molecule has 0 aliphatic heterocycles. The summed E-state index contributed by atoms with van der Waals surface area (Å²) in [6, 6.07) is 0. The standard InChI is InChI=1S/C11H18N2O3S/c14-6-4-2-1-3-5-12-7-9-8-17-10(13-9)11(15)16/h8,12,14H,1-7H2,(H,15,16). The Morgan fingerprint density at radius 1 is 1.35 bits per heavy atom. The fourth-order valence-corrected chi connectivity index (χ4v) is 2.07. The molecule has 0 amide bonds. The first-order valence-corrected chi connectivity index (χ1v) is 6.61. The van der Waals surface area contributed by atoms with E-state index in [1.54, 1.807) is 5.38 Å². The highest BCUT2D eigenvalue weighted by Gasteiger charge is 2.07. The third kappa shape index (κ3) is 5.76. The highest BCUT2D eigenvalue weighted by molar-refractivity contribution is 7.11. The number of aliphatic hydroxyl groups is 1. The monoisotopic (exact) mass is 258 g/mol. The number of aliphatic hydroxyl groups excluding tert-OH is 1. The molecule has 0 atom stereocenters. The maximum Gasteiger partial charge on any atom is 0.365 e. The van der Waals surface area contributed by atoms with Gasteiger partial charge in [-0.25, -0.2) is 9.78 Å². The Balaban J connectivity index is 2.07. The van der Waals surface area contributed by atoms with E-state index in [1.807, 2.05) is 0 Å². The number of nitrogens with zero attached hydrogens (tertiary/aromatic N) is 1. The van der Waals surface area contributed by atoms with Gasteiger partial charge >= 0.3 is 5.97 Å². The Morgan fingerprint density at radius 3 is 2.76 bits per heavy atom. The summed E-state index contributed by atoms with van der Waals surface area (Å²) in [4.78, 5) is 14.6. The van der Waals surface area contributed by atoms with Crippen molar-refractivity contribution in [3.8, 4) is 0 Å². The number of hydrogen-bond donors (Lipinski definition) is 3. The second-order valence-electron chi connectivity index (χ2n) is 3.76. The van der Waals surface area contributed by atoms with Crippen molar-refractivity contribution in [3.05, 3.63) is 16.1 Å². The van der Waals surface area contributed by atoms with E-state index in [9.17, 15) is 4.79 Å². The van der Waals surface area contributed by atoms with Crippen molar-refractivity contribution < 1.29 is 15.0 Å². The van der Waals surface area contributed by atoms with Crippen LogP contribution in [0.3, 0.4) is 0 Å². The van der Waals surface area contributed by atoms with Gasteiger partial charge < -0.3 is 15.5 Å². The molecule has 1 aromatic heterocycles. The van der Waals surface area contributed by atoms with Gasteiger partial charge in [0.05, 0.1) is 5.69 Å². The first-order valence-electron chi connectivity index (χ1n) is 5.73. The lowest BCUT2D eigenvalue weighted by Crippen LogP contribution is -2.15. The number of unbranched alkanes of at least 4 members (excludes halogenated alkanes) is 3. The van der Waals surface area contributed by atoms with Crippen LogP contribution in [0.2, 0.25) is 0 Å². The molecule has 0 bridgehead atoms. The second kappa shape index (κ2) is 8.16. The molecule has 1 aromatic rings. The zero-order chi connectivity index (χ0) is 12.5. The van der Waals surface area contributed by atoms with E-state index < -0.39 is 5.97 Å². The van der Waals surface area contributed by atoms with Gasteiger partial charge in [0.25, 0.3) is 0 Å². The number of aromatic carboxylic acids is 1. The summed E-state index contributed by atoms with van der Waals surface area (Å²) in [5.74, 6) is -0.967. The number of aromatic nitrogens is 1. The fraction of sp³-hybridized carbons (Fsp3) is 0.636. The summed E-state index contributed by atoms with van der Waals surface area (Å²) in [5.41, 5.74) is 0.780. The summed E-state index contributed by atoms with van der Waals surface area (Å²) in [7, 11) is 0. The average molecular weight is 258 g/mol. The number of thiazole rings is 1. The lowest BCUT2D eigenvalue weighted by atomic mass is 10.2. The van der Waals surface area contributed by atoms with Crippen LogP contribution >= 0.6 is 11.3 Å². The third-order valence-electron chi connectivity index (χ3n) is 2.30. The first kappa shape index (κ1) is 14.1. The van der Waals surface area contributed by atoms with E-state index in [2.05, 4.69) is 10.3 Å². The molecule has 0 aliphatic carbocycles. The summed E-state index contributed by atoms with van der Waals surface area (Å²) < 4.78 is 0. The van der Waals surface area contributed by atoms with Gasteiger partial charge in [0.15, 0.2) is 0 Å². The molecule has 0 saturated carbocycles. The lowest BCUT2D eigenvalue weighted by molar-refractivity contribution is 0.0696. The average Bonchev–Trinajstić information content (AvgIpc) is 2.77. The van der Waals surface area contributed by atoms with Gasteiger partial charge in [-0.15, -0.1) is 11.3 Å². The van der Waals surface area contributed by atoms with Crippen LogP contribution in [0, 0.1) is 0 Å². The van der Waals surface area contributed by atoms with Crippen LogP contribution in [0.15, 0.2) is 5.38 Å². The van der Waals surface area contributed by atoms with Gasteiger partial charge in [0.2, 0.25) is 5.01 Å². The number of nitrogens with one attached hydrogen (secondary N) is 1. The predicted octanol–water partition coefficient (Wildman–Crippen LogP) is 1.48. The van der Waals surface area contributed by atoms with Gasteiger partial charge in [-0.3, -0.25) is 0 Å². The molecule has 0 spiro atoms. The number of hydrogen-bond acceptors (Lipinski definition) is 5. The Hall–Kier alpha value is -0.980. The van der Waals surface area contributed by atoms with Gasteiger partial charge in [-0.05, 0) is 19.4 Å². The quantitative estimate of drug-likeness (QED) is 0.584. The van der Waals surface area contributed by atoms with Crippen LogP contribution in [0.5, 0.6) is 0 Å². The lowest BCUT2D eigenvalue weighted by Gasteiger charge is -2.02. The van der Waals surface area contributed by atoms with Crippen LogP contribution < -0.4 is 5.32 Å². The molecule has 0 unspecified atom stereocenters. The minimum absolute atomic E-state index is 0.143. The minimum Gasteiger partial charge on any atom is -0.476 e. The molecular weight excluding hydrogens is 240 g/mol. The minimum atomic E-state index is -0.967. The van der Waals surface area contributed by atoms with Crippen molar-refractivity contribution in [1.82, 2.24) is 10.3 Å². The summed E-state index contributed by atoms with van der Waals surface area (Å²) in [6.45, 7) is 1.78. The third-order valence-corrected chi connectivity index (χ3v) is 3.18. The van der Waals surface area contributed by atoms with Crippen LogP contribution in [-0.4, -0.2) is 34.3 Å². The molecule has 17 heavy (non-hydrogen) atoms. The first-order chi connectivity index (χ1) is 8.24. The molecule has 5 nitrogen and oxygen atoms in total. The summed E-state index contributed by atoms with van der Waals surface area (Å²) in [6.07, 6.45) is 4.09. The van der Waals surface area contributed by atoms with E-state index in [4.69, 9.17) is 10.2 Å². The van der Waals surface area contributed by atoms with Crippen molar-refractivity contribution in [2.45, 2.75) is 32.2 Å². The normalized spacial score (nSPS) is 10.6. The highest BCUT2D eigenvalue weighted by atomic mass is 32.1. The van der Waals surface area contributed by atoms with Crippen LogP contribution in [0.4, 0.5) is 0 Å². The topological polar surface area (TPSA) is 82.5 Å². The second-order valence-corrected chi connectivity index (χ2v) is 4.62. The smallest absolute Gasteiger partial charge is 0.365 e. The summed E-state index contributed by atoms with van der Waals surface area (Å²) >= 11 is 1.15. The van der Waals surface area contributed by atoms with E-state index >= 15 is 0 Å². The van der Waals surface area contributed by atoms with Crippen LogP contribution in [0.1, 0.15) is 41.2 Å². The number of rotatable bonds is 9. The van der Waals surface area contributed by atoms with Crippen molar-refractivity contribution in [2.24, 2.45) is 0 Å². The summed E-state index contributed by atoms with van der Waals surface area (Å²) in [5, 5.41) is 22.4. The Kier molecular flexibility index (Phi) is 6.76. The molecule has 0 radical (unpaired) electrons. The number of carbonyl (C=O) groups is 1. The molecule has 0 saturated heterocycles. The molecule has 0 aromatic carbocycles. The zero-order valence-corrected chi connectivity index (χ0v) is 10.5. The molecule has 0 fully saturated rings. The SMILES string of the molecule is O=C(O)c1nc(CNCCCCCCO)cs1.